The van der Waals surface area contributed by atoms with E-state index in [1.165, 1.54) is 22.9 Å². The van der Waals surface area contributed by atoms with Gasteiger partial charge in [-0.3, -0.25) is 9.36 Å². The maximum Gasteiger partial charge on any atom is 0.233 e. The van der Waals surface area contributed by atoms with Gasteiger partial charge in [-0.1, -0.05) is 67.2 Å². The standard InChI is InChI=1S/C22H24N4OS/c1-2-18-10-6-7-11-20(18)26-16-23-24-22(26)28-15-21(27)25(19-12-13-19)14-17-8-4-3-5-9-17/h3-11,16,19H,2,12-15H2,1H3. The van der Waals surface area contributed by atoms with Crippen molar-refractivity contribution < 1.29 is 4.79 Å². The highest BCUT2D eigenvalue weighted by Gasteiger charge is 2.32. The van der Waals surface area contributed by atoms with Gasteiger partial charge in [-0.05, 0) is 36.5 Å². The average molecular weight is 393 g/mol. The molecule has 0 radical (unpaired) electrons. The first kappa shape index (κ1) is 18.7. The highest BCUT2D eigenvalue weighted by atomic mass is 32.2. The minimum Gasteiger partial charge on any atom is -0.335 e. The Labute approximate surface area is 169 Å². The third-order valence-corrected chi connectivity index (χ3v) is 5.90. The summed E-state index contributed by atoms with van der Waals surface area (Å²) in [4.78, 5) is 15.0. The van der Waals surface area contributed by atoms with E-state index in [9.17, 15) is 4.79 Å². The van der Waals surface area contributed by atoms with Crippen LogP contribution in [0.2, 0.25) is 0 Å². The predicted molar refractivity (Wildman–Crippen MR) is 111 cm³/mol. The zero-order valence-electron chi connectivity index (χ0n) is 16.0. The van der Waals surface area contributed by atoms with Crippen LogP contribution in [0.25, 0.3) is 5.69 Å². The number of carbonyl (C=O) groups is 1. The number of amides is 1. The fourth-order valence-electron chi connectivity index (χ4n) is 3.33. The molecule has 3 aromatic rings. The van der Waals surface area contributed by atoms with Gasteiger partial charge in [0.1, 0.15) is 6.33 Å². The molecule has 1 fully saturated rings. The van der Waals surface area contributed by atoms with Crippen molar-refractivity contribution in [2.24, 2.45) is 0 Å². The fourth-order valence-corrected chi connectivity index (χ4v) is 4.14. The van der Waals surface area contributed by atoms with Crippen molar-refractivity contribution in [3.63, 3.8) is 0 Å². The van der Waals surface area contributed by atoms with Crippen LogP contribution in [0, 0.1) is 0 Å². The molecule has 1 amide bonds. The summed E-state index contributed by atoms with van der Waals surface area (Å²) in [7, 11) is 0. The summed E-state index contributed by atoms with van der Waals surface area (Å²) in [6.45, 7) is 2.81. The van der Waals surface area contributed by atoms with Gasteiger partial charge in [0.15, 0.2) is 5.16 Å². The molecule has 0 unspecified atom stereocenters. The van der Waals surface area contributed by atoms with Crippen molar-refractivity contribution >= 4 is 17.7 Å². The van der Waals surface area contributed by atoms with Gasteiger partial charge < -0.3 is 4.90 Å². The molecule has 28 heavy (non-hydrogen) atoms. The molecule has 0 saturated heterocycles. The number of aromatic nitrogens is 3. The van der Waals surface area contributed by atoms with Crippen LogP contribution in [0.5, 0.6) is 0 Å². The lowest BCUT2D eigenvalue weighted by molar-refractivity contribution is -0.129. The molecule has 144 valence electrons. The summed E-state index contributed by atoms with van der Waals surface area (Å²) in [5.74, 6) is 0.533. The van der Waals surface area contributed by atoms with Crippen LogP contribution in [0.3, 0.4) is 0 Å². The summed E-state index contributed by atoms with van der Waals surface area (Å²) in [6.07, 6.45) is 4.86. The van der Waals surface area contributed by atoms with E-state index in [0.717, 1.165) is 30.1 Å². The fraction of sp³-hybridized carbons (Fsp3) is 0.318. The van der Waals surface area contributed by atoms with Crippen molar-refractivity contribution in [1.29, 1.82) is 0 Å². The van der Waals surface area contributed by atoms with Crippen LogP contribution in [0.15, 0.2) is 66.1 Å². The molecule has 1 saturated carbocycles. The van der Waals surface area contributed by atoms with E-state index in [1.54, 1.807) is 6.33 Å². The number of benzene rings is 2. The van der Waals surface area contributed by atoms with Crippen molar-refractivity contribution in [2.75, 3.05) is 5.75 Å². The van der Waals surface area contributed by atoms with Gasteiger partial charge in [-0.15, -0.1) is 10.2 Å². The van der Waals surface area contributed by atoms with Crippen molar-refractivity contribution in [2.45, 2.75) is 43.9 Å². The Kier molecular flexibility index (Phi) is 5.76. The molecule has 4 rings (SSSR count). The summed E-state index contributed by atoms with van der Waals surface area (Å²) < 4.78 is 1.98. The van der Waals surface area contributed by atoms with Crippen LogP contribution in [-0.2, 0) is 17.8 Å². The first-order chi connectivity index (χ1) is 13.8. The molecule has 6 heteroatoms. The third kappa shape index (κ3) is 4.28. The van der Waals surface area contributed by atoms with Gasteiger partial charge in [0.05, 0.1) is 11.4 Å². The first-order valence-corrected chi connectivity index (χ1v) is 10.7. The zero-order chi connectivity index (χ0) is 19.3. The molecule has 2 aromatic carbocycles. The third-order valence-electron chi connectivity index (χ3n) is 4.98. The number of para-hydroxylation sites is 1. The highest BCUT2D eigenvalue weighted by Crippen LogP contribution is 2.30. The Hall–Kier alpha value is -2.60. The quantitative estimate of drug-likeness (QED) is 0.541. The van der Waals surface area contributed by atoms with E-state index in [0.29, 0.717) is 18.3 Å². The maximum atomic E-state index is 12.9. The van der Waals surface area contributed by atoms with Crippen LogP contribution >= 0.6 is 11.8 Å². The van der Waals surface area contributed by atoms with Gasteiger partial charge >= 0.3 is 0 Å². The molecule has 1 aromatic heterocycles. The Morgan fingerprint density at radius 2 is 1.89 bits per heavy atom. The highest BCUT2D eigenvalue weighted by molar-refractivity contribution is 7.99. The molecule has 1 heterocycles. The topological polar surface area (TPSA) is 51.0 Å². The van der Waals surface area contributed by atoms with E-state index in [2.05, 4.69) is 41.4 Å². The minimum absolute atomic E-state index is 0.162. The Bertz CT molecular complexity index is 936. The second-order valence-corrected chi connectivity index (χ2v) is 7.94. The molecule has 5 nitrogen and oxygen atoms in total. The largest absolute Gasteiger partial charge is 0.335 e. The van der Waals surface area contributed by atoms with Gasteiger partial charge in [-0.25, -0.2) is 0 Å². The number of thioether (sulfide) groups is 1. The van der Waals surface area contributed by atoms with Crippen molar-refractivity contribution in [3.8, 4) is 5.69 Å². The Balaban J connectivity index is 1.46. The number of nitrogens with zero attached hydrogens (tertiary/aromatic N) is 4. The summed E-state index contributed by atoms with van der Waals surface area (Å²) in [5.41, 5.74) is 3.49. The number of rotatable bonds is 8. The molecular formula is C22H24N4OS. The monoisotopic (exact) mass is 392 g/mol. The van der Waals surface area contributed by atoms with Gasteiger partial charge in [0.2, 0.25) is 5.91 Å². The van der Waals surface area contributed by atoms with E-state index < -0.39 is 0 Å². The maximum absolute atomic E-state index is 12.9. The number of hydrogen-bond acceptors (Lipinski definition) is 4. The molecule has 0 atom stereocenters. The van der Waals surface area contributed by atoms with Crippen LogP contribution in [0.4, 0.5) is 0 Å². The summed E-state index contributed by atoms with van der Waals surface area (Å²) >= 11 is 1.46. The molecular weight excluding hydrogens is 368 g/mol. The van der Waals surface area contributed by atoms with E-state index in [1.807, 2.05) is 39.8 Å². The van der Waals surface area contributed by atoms with Crippen LogP contribution in [-0.4, -0.2) is 37.4 Å². The van der Waals surface area contributed by atoms with Crippen molar-refractivity contribution in [1.82, 2.24) is 19.7 Å². The minimum atomic E-state index is 0.162. The normalized spacial score (nSPS) is 13.5. The first-order valence-electron chi connectivity index (χ1n) is 9.70. The number of hydrogen-bond donors (Lipinski definition) is 0. The SMILES string of the molecule is CCc1ccccc1-n1cnnc1SCC(=O)N(Cc1ccccc1)C1CC1. The lowest BCUT2D eigenvalue weighted by Crippen LogP contribution is -2.34. The molecule has 0 aliphatic heterocycles. The second kappa shape index (κ2) is 8.61. The smallest absolute Gasteiger partial charge is 0.233 e. The summed E-state index contributed by atoms with van der Waals surface area (Å²) in [6, 6.07) is 18.8. The van der Waals surface area contributed by atoms with Crippen molar-refractivity contribution in [3.05, 3.63) is 72.1 Å². The molecule has 0 N–H and O–H groups in total. The lowest BCUT2D eigenvalue weighted by Gasteiger charge is -2.22. The van der Waals surface area contributed by atoms with Gasteiger partial charge in [0, 0.05) is 12.6 Å². The van der Waals surface area contributed by atoms with Crippen LogP contribution in [0.1, 0.15) is 30.9 Å². The molecule has 1 aliphatic carbocycles. The lowest BCUT2D eigenvalue weighted by atomic mass is 10.1. The van der Waals surface area contributed by atoms with E-state index in [-0.39, 0.29) is 5.91 Å². The predicted octanol–water partition coefficient (Wildman–Crippen LogP) is 4.11. The summed E-state index contributed by atoms with van der Waals surface area (Å²) in [5, 5.41) is 9.08. The molecule has 1 aliphatic rings. The number of aryl methyl sites for hydroxylation is 1. The Morgan fingerprint density at radius 1 is 1.14 bits per heavy atom. The van der Waals surface area contributed by atoms with Crippen LogP contribution < -0.4 is 0 Å². The van der Waals surface area contributed by atoms with E-state index in [4.69, 9.17) is 0 Å². The Morgan fingerprint density at radius 3 is 2.64 bits per heavy atom. The average Bonchev–Trinajstić information content (AvgIpc) is 3.48. The van der Waals surface area contributed by atoms with Gasteiger partial charge in [-0.2, -0.15) is 0 Å². The number of carbonyl (C=O) groups excluding carboxylic acids is 1. The molecule has 0 spiro atoms. The zero-order valence-corrected chi connectivity index (χ0v) is 16.8. The van der Waals surface area contributed by atoms with Gasteiger partial charge in [0.25, 0.3) is 0 Å². The second-order valence-electron chi connectivity index (χ2n) is 6.99. The van der Waals surface area contributed by atoms with E-state index >= 15 is 0 Å². The molecule has 0 bridgehead atoms.